The largest absolute Gasteiger partial charge is 0.378 e. The van der Waals surface area contributed by atoms with Crippen LogP contribution < -0.4 is 16.2 Å². The lowest BCUT2D eigenvalue weighted by atomic mass is 9.82. The fraction of sp³-hybridized carbons (Fsp3) is 0.390. The number of nitrogens with zero attached hydrogens (tertiary/aromatic N) is 2. The Labute approximate surface area is 279 Å². The van der Waals surface area contributed by atoms with Crippen LogP contribution in [0.15, 0.2) is 72.2 Å². The molecule has 250 valence electrons. The second-order valence-electron chi connectivity index (χ2n) is 11.7. The van der Waals surface area contributed by atoms with Crippen LogP contribution in [0.4, 0.5) is 0 Å². The van der Waals surface area contributed by atoms with Crippen LogP contribution in [0, 0.1) is 12.3 Å². The number of carbonyl (C=O) groups excluding carboxylic acids is 2. The summed E-state index contributed by atoms with van der Waals surface area (Å²) in [6.45, 7) is 28.1. The van der Waals surface area contributed by atoms with Crippen LogP contribution in [0.2, 0.25) is 0 Å². The van der Waals surface area contributed by atoms with Crippen LogP contribution >= 0.6 is 0 Å². The molecular formula is C41H59N3O2. The quantitative estimate of drug-likeness (QED) is 0.255. The minimum Gasteiger partial charge on any atom is -0.378 e. The monoisotopic (exact) mass is 625 g/mol. The highest BCUT2D eigenvalue weighted by atomic mass is 16.1. The Bertz CT molecular complexity index is 1590. The molecule has 0 heterocycles. The second-order valence-corrected chi connectivity index (χ2v) is 11.7. The number of amides is 1. The van der Waals surface area contributed by atoms with Crippen molar-refractivity contribution in [3.8, 4) is 11.1 Å². The molecule has 3 aromatic rings. The molecule has 0 spiro atoms. The van der Waals surface area contributed by atoms with E-state index in [9.17, 15) is 9.59 Å². The van der Waals surface area contributed by atoms with Crippen molar-refractivity contribution in [1.82, 2.24) is 4.90 Å². The zero-order valence-electron chi connectivity index (χ0n) is 30.9. The van der Waals surface area contributed by atoms with Crippen LogP contribution in [0.1, 0.15) is 102 Å². The van der Waals surface area contributed by atoms with Gasteiger partial charge in [-0.25, -0.2) is 0 Å². The van der Waals surface area contributed by atoms with E-state index in [1.807, 2.05) is 71.8 Å². The molecule has 0 aliphatic rings. The molecule has 2 N–H and O–H groups in total. The summed E-state index contributed by atoms with van der Waals surface area (Å²) in [5, 5.41) is 1.82. The van der Waals surface area contributed by atoms with Gasteiger partial charge in [-0.3, -0.25) is 14.6 Å². The maximum absolute atomic E-state index is 12.2. The summed E-state index contributed by atoms with van der Waals surface area (Å²) < 4.78 is 0. The Morgan fingerprint density at radius 2 is 1.41 bits per heavy atom. The molecule has 0 bridgehead atoms. The molecule has 46 heavy (non-hydrogen) atoms. The summed E-state index contributed by atoms with van der Waals surface area (Å²) in [7, 11) is 5.76. The molecule has 0 aromatic heterocycles. The highest BCUT2D eigenvalue weighted by Gasteiger charge is 2.22. The van der Waals surface area contributed by atoms with Gasteiger partial charge in [0.2, 0.25) is 5.91 Å². The zero-order chi connectivity index (χ0) is 35.8. The van der Waals surface area contributed by atoms with Crippen LogP contribution in [-0.4, -0.2) is 43.4 Å². The van der Waals surface area contributed by atoms with Gasteiger partial charge in [-0.1, -0.05) is 123 Å². The van der Waals surface area contributed by atoms with Crippen LogP contribution in [0.3, 0.4) is 0 Å². The standard InChI is InChI=1S/C24H29NO.C13H18N2O.2C2H6/c1-16-15-21(13-14-22(16)23(18(3)26)24(4,5)6)20-11-9-19(10-12-20)17(2)25(7)8;1-4-6-12(15-3)10-7-5-8-11(9(10)2)13(14)16;2*1-2/h9-15H,1-2H2,3-8H3;5,7-8H,4,6H2,1-3H3,(H2,14,16);2*1-2H3/b23-22-;;;. The van der Waals surface area contributed by atoms with E-state index < -0.39 is 0 Å². The highest BCUT2D eigenvalue weighted by molar-refractivity contribution is 6.14. The number of aliphatic imine (C=N–C) groups is 1. The van der Waals surface area contributed by atoms with Crippen molar-refractivity contribution >= 4 is 35.3 Å². The molecule has 0 atom stereocenters. The van der Waals surface area contributed by atoms with Gasteiger partial charge < -0.3 is 10.6 Å². The lowest BCUT2D eigenvalue weighted by molar-refractivity contribution is -0.112. The summed E-state index contributed by atoms with van der Waals surface area (Å²) in [6, 6.07) is 20.1. The molecule has 5 nitrogen and oxygen atoms in total. The summed E-state index contributed by atoms with van der Waals surface area (Å²) in [4.78, 5) is 29.7. The number of benzene rings is 3. The minimum atomic E-state index is -0.383. The molecule has 0 unspecified atom stereocenters. The molecule has 0 saturated carbocycles. The molecule has 0 fully saturated rings. The topological polar surface area (TPSA) is 75.8 Å². The normalized spacial score (nSPS) is 11.4. The molecule has 3 aromatic carbocycles. The first-order chi connectivity index (χ1) is 21.6. The van der Waals surface area contributed by atoms with Crippen molar-refractivity contribution in [2.75, 3.05) is 21.1 Å². The second kappa shape index (κ2) is 20.0. The fourth-order valence-electron chi connectivity index (χ4n) is 5.07. The Hall–Kier alpha value is -4.25. The van der Waals surface area contributed by atoms with Crippen molar-refractivity contribution in [2.24, 2.45) is 16.1 Å². The summed E-state index contributed by atoms with van der Waals surface area (Å²) in [5.74, 6) is -0.284. The minimum absolute atomic E-state index is 0.0988. The van der Waals surface area contributed by atoms with Crippen molar-refractivity contribution in [3.05, 3.63) is 99.9 Å². The summed E-state index contributed by atoms with van der Waals surface area (Å²) >= 11 is 0. The molecule has 0 aliphatic heterocycles. The molecule has 5 heteroatoms. The zero-order valence-corrected chi connectivity index (χ0v) is 30.9. The Kier molecular flexibility index (Phi) is 18.1. The van der Waals surface area contributed by atoms with Crippen molar-refractivity contribution in [2.45, 2.75) is 82.1 Å². The Morgan fingerprint density at radius 1 is 0.891 bits per heavy atom. The average molecular weight is 626 g/mol. The average Bonchev–Trinajstić information content (AvgIpc) is 3.02. The van der Waals surface area contributed by atoms with E-state index in [1.54, 1.807) is 20.0 Å². The van der Waals surface area contributed by atoms with Gasteiger partial charge >= 0.3 is 0 Å². The van der Waals surface area contributed by atoms with Gasteiger partial charge in [-0.05, 0) is 76.1 Å². The van der Waals surface area contributed by atoms with Crippen molar-refractivity contribution in [1.29, 1.82) is 0 Å². The highest BCUT2D eigenvalue weighted by Crippen LogP contribution is 2.26. The number of nitrogens with two attached hydrogens (primary N) is 1. The van der Waals surface area contributed by atoms with E-state index in [0.29, 0.717) is 5.56 Å². The van der Waals surface area contributed by atoms with E-state index in [2.05, 4.69) is 82.2 Å². The Morgan fingerprint density at radius 3 is 1.83 bits per heavy atom. The van der Waals surface area contributed by atoms with E-state index >= 15 is 0 Å². The number of Topliss-reactive ketones (excluding diaryl/α,β-unsaturated/α-hetero) is 1. The first-order valence-electron chi connectivity index (χ1n) is 16.3. The third-order valence-corrected chi connectivity index (χ3v) is 7.23. The number of rotatable bonds is 8. The number of primary amides is 1. The van der Waals surface area contributed by atoms with Gasteiger partial charge in [-0.15, -0.1) is 0 Å². The van der Waals surface area contributed by atoms with Gasteiger partial charge in [0.1, 0.15) is 0 Å². The van der Waals surface area contributed by atoms with Gasteiger partial charge in [-0.2, -0.15) is 0 Å². The first-order valence-corrected chi connectivity index (χ1v) is 16.3. The molecule has 3 rings (SSSR count). The molecule has 1 amide bonds. The maximum Gasteiger partial charge on any atom is 0.248 e. The lowest BCUT2D eigenvalue weighted by Gasteiger charge is -2.21. The van der Waals surface area contributed by atoms with E-state index in [-0.39, 0.29) is 17.1 Å². The smallest absolute Gasteiger partial charge is 0.248 e. The van der Waals surface area contributed by atoms with E-state index in [4.69, 9.17) is 5.73 Å². The van der Waals surface area contributed by atoms with Crippen LogP contribution in [-0.2, 0) is 4.79 Å². The SMILES string of the molecule is C=C(c1ccc(-c2cc/c(=C(\C(C)=O)C(C)(C)C)c(=C)c2)cc1)N(C)C.CC.CC.CCCC(=NC)c1cccc(C(N)=O)c1C. The third kappa shape index (κ3) is 11.6. The number of hydrogen-bond acceptors (Lipinski definition) is 4. The lowest BCUT2D eigenvalue weighted by Crippen LogP contribution is -2.33. The molecule has 0 radical (unpaired) electrons. The number of hydrogen-bond donors (Lipinski definition) is 1. The van der Waals surface area contributed by atoms with Crippen LogP contribution in [0.25, 0.3) is 29.0 Å². The molecular weight excluding hydrogens is 566 g/mol. The van der Waals surface area contributed by atoms with Crippen LogP contribution in [0.5, 0.6) is 0 Å². The van der Waals surface area contributed by atoms with E-state index in [0.717, 1.165) is 68.1 Å². The van der Waals surface area contributed by atoms with Gasteiger partial charge in [0.05, 0.1) is 0 Å². The number of carbonyl (C=O) groups is 2. The maximum atomic E-state index is 12.2. The third-order valence-electron chi connectivity index (χ3n) is 7.23. The van der Waals surface area contributed by atoms with E-state index in [1.165, 1.54) is 0 Å². The molecule has 0 aliphatic carbocycles. The molecule has 0 saturated heterocycles. The summed E-state index contributed by atoms with van der Waals surface area (Å²) in [5.41, 5.74) is 13.8. The first kappa shape index (κ1) is 41.8. The Balaban J connectivity index is 0.000000868. The summed E-state index contributed by atoms with van der Waals surface area (Å²) in [6.07, 6.45) is 1.95. The van der Waals surface area contributed by atoms with Gasteiger partial charge in [0, 0.05) is 43.7 Å². The number of ketones is 1. The van der Waals surface area contributed by atoms with Gasteiger partial charge in [0.25, 0.3) is 0 Å². The predicted octanol–water partition coefficient (Wildman–Crippen LogP) is 8.45. The predicted molar refractivity (Wildman–Crippen MR) is 203 cm³/mol. The van der Waals surface area contributed by atoms with Crippen molar-refractivity contribution < 1.29 is 9.59 Å². The van der Waals surface area contributed by atoms with Crippen molar-refractivity contribution in [3.63, 3.8) is 0 Å². The van der Waals surface area contributed by atoms with Gasteiger partial charge in [0.15, 0.2) is 5.78 Å². The fourth-order valence-corrected chi connectivity index (χ4v) is 5.07.